The number of furan rings is 1. The molecular formula is C21H17Cl2N3O3. The van der Waals surface area contributed by atoms with E-state index in [1.807, 2.05) is 34.9 Å². The highest BCUT2D eigenvalue weighted by molar-refractivity contribution is 6.35. The first kappa shape index (κ1) is 19.4. The zero-order valence-electron chi connectivity index (χ0n) is 15.3. The summed E-state index contributed by atoms with van der Waals surface area (Å²) in [4.78, 5) is 17.1. The molecular weight excluding hydrogens is 413 g/mol. The lowest BCUT2D eigenvalue weighted by molar-refractivity contribution is -0.121. The van der Waals surface area contributed by atoms with Crippen LogP contribution in [0.2, 0.25) is 10.0 Å². The largest absolute Gasteiger partial charge is 0.484 e. The van der Waals surface area contributed by atoms with Crippen molar-refractivity contribution in [3.8, 4) is 5.75 Å². The first-order valence-electron chi connectivity index (χ1n) is 8.91. The van der Waals surface area contributed by atoms with Crippen molar-refractivity contribution in [1.29, 1.82) is 0 Å². The second kappa shape index (κ2) is 8.59. The van der Waals surface area contributed by atoms with Crippen LogP contribution in [0.1, 0.15) is 11.6 Å². The summed E-state index contributed by atoms with van der Waals surface area (Å²) >= 11 is 12.1. The highest BCUT2D eigenvalue weighted by Gasteiger charge is 2.15. The number of carbonyl (C=O) groups excluding carboxylic acids is 1. The maximum Gasteiger partial charge on any atom is 0.240 e. The molecule has 2 heterocycles. The van der Waals surface area contributed by atoms with E-state index in [9.17, 15) is 4.79 Å². The second-order valence-corrected chi connectivity index (χ2v) is 7.17. The van der Waals surface area contributed by atoms with Gasteiger partial charge in [-0.1, -0.05) is 35.3 Å². The number of aromatic nitrogens is 2. The topological polar surface area (TPSA) is 69.3 Å². The normalized spacial score (nSPS) is 11.0. The minimum atomic E-state index is -0.157. The van der Waals surface area contributed by atoms with Gasteiger partial charge in [0.2, 0.25) is 5.91 Å². The fourth-order valence-electron chi connectivity index (χ4n) is 2.94. The zero-order chi connectivity index (χ0) is 20.2. The smallest absolute Gasteiger partial charge is 0.240 e. The molecule has 0 aliphatic carbocycles. The van der Waals surface area contributed by atoms with Gasteiger partial charge >= 0.3 is 0 Å². The van der Waals surface area contributed by atoms with Crippen LogP contribution in [0.3, 0.4) is 0 Å². The number of hydrogen-bond donors (Lipinski definition) is 1. The summed E-state index contributed by atoms with van der Waals surface area (Å²) in [7, 11) is 0. The van der Waals surface area contributed by atoms with Gasteiger partial charge < -0.3 is 19.0 Å². The predicted molar refractivity (Wildman–Crippen MR) is 111 cm³/mol. The molecule has 1 amide bonds. The molecule has 4 aromatic rings. The van der Waals surface area contributed by atoms with Crippen LogP contribution < -0.4 is 10.1 Å². The number of benzene rings is 2. The maximum absolute atomic E-state index is 12.5. The molecule has 0 unspecified atom stereocenters. The van der Waals surface area contributed by atoms with E-state index in [-0.39, 0.29) is 19.1 Å². The summed E-state index contributed by atoms with van der Waals surface area (Å²) in [6, 6.07) is 16.2. The van der Waals surface area contributed by atoms with Crippen LogP contribution in [0, 0.1) is 0 Å². The highest BCUT2D eigenvalue weighted by Crippen LogP contribution is 2.28. The summed E-state index contributed by atoms with van der Waals surface area (Å²) < 4.78 is 12.9. The predicted octanol–water partition coefficient (Wildman–Crippen LogP) is 4.83. The number of imidazole rings is 1. The van der Waals surface area contributed by atoms with Gasteiger partial charge in [0.05, 0.1) is 28.9 Å². The summed E-state index contributed by atoms with van der Waals surface area (Å²) in [5.41, 5.74) is 1.63. The van der Waals surface area contributed by atoms with Crippen LogP contribution in [0.4, 0.5) is 0 Å². The van der Waals surface area contributed by atoms with Crippen molar-refractivity contribution in [2.75, 3.05) is 0 Å². The van der Waals surface area contributed by atoms with Gasteiger partial charge in [-0.25, -0.2) is 4.98 Å². The van der Waals surface area contributed by atoms with Gasteiger partial charge in [0, 0.05) is 5.02 Å². The standard InChI is InChI=1S/C21H17Cl2N3O3/c22-14-7-8-19(16(23)10-14)29-13-20-25-17-5-1-2-6-18(17)26(20)12-21(27)24-11-15-4-3-9-28-15/h1-10H,11-13H2,(H,24,27). The Labute approximate surface area is 177 Å². The molecule has 0 fully saturated rings. The number of halogens is 2. The lowest BCUT2D eigenvalue weighted by Crippen LogP contribution is -2.27. The molecule has 0 saturated carbocycles. The minimum Gasteiger partial charge on any atom is -0.484 e. The van der Waals surface area contributed by atoms with Gasteiger partial charge in [-0.3, -0.25) is 4.79 Å². The average molecular weight is 430 g/mol. The number of ether oxygens (including phenoxy) is 1. The molecule has 0 aliphatic rings. The molecule has 0 aliphatic heterocycles. The Kier molecular flexibility index (Phi) is 5.74. The maximum atomic E-state index is 12.5. The SMILES string of the molecule is O=C(Cn1c(COc2ccc(Cl)cc2Cl)nc2ccccc21)NCc1ccco1. The van der Waals surface area contributed by atoms with E-state index in [1.54, 1.807) is 30.5 Å². The minimum absolute atomic E-state index is 0.105. The van der Waals surface area contributed by atoms with Crippen LogP contribution in [0.5, 0.6) is 5.75 Å². The van der Waals surface area contributed by atoms with Crippen molar-refractivity contribution in [3.63, 3.8) is 0 Å². The Morgan fingerprint density at radius 2 is 2.00 bits per heavy atom. The van der Waals surface area contributed by atoms with E-state index in [1.165, 1.54) is 0 Å². The van der Waals surface area contributed by atoms with E-state index < -0.39 is 0 Å². The van der Waals surface area contributed by atoms with Crippen molar-refractivity contribution in [3.05, 3.63) is 82.5 Å². The molecule has 6 nitrogen and oxygen atoms in total. The Hall–Kier alpha value is -2.96. The average Bonchev–Trinajstić information content (AvgIpc) is 3.34. The van der Waals surface area contributed by atoms with Gasteiger partial charge in [-0.05, 0) is 42.5 Å². The van der Waals surface area contributed by atoms with Gasteiger partial charge in [0.25, 0.3) is 0 Å². The molecule has 29 heavy (non-hydrogen) atoms. The number of amides is 1. The lowest BCUT2D eigenvalue weighted by atomic mass is 10.3. The first-order valence-corrected chi connectivity index (χ1v) is 9.67. The molecule has 1 N–H and O–H groups in total. The third-order valence-corrected chi connectivity index (χ3v) is 4.86. The summed E-state index contributed by atoms with van der Waals surface area (Å²) in [5.74, 6) is 1.65. The van der Waals surface area contributed by atoms with Gasteiger partial charge in [-0.2, -0.15) is 0 Å². The first-order chi connectivity index (χ1) is 14.1. The number of nitrogens with zero attached hydrogens (tertiary/aromatic N) is 2. The van der Waals surface area contributed by atoms with Crippen LogP contribution >= 0.6 is 23.2 Å². The van der Waals surface area contributed by atoms with Crippen LogP contribution in [0.25, 0.3) is 11.0 Å². The molecule has 0 radical (unpaired) electrons. The van der Waals surface area contributed by atoms with Gasteiger partial charge in [0.15, 0.2) is 0 Å². The van der Waals surface area contributed by atoms with E-state index in [0.717, 1.165) is 11.0 Å². The summed E-state index contributed by atoms with van der Waals surface area (Å²) in [6.45, 7) is 0.584. The van der Waals surface area contributed by atoms with Gasteiger partial charge in [0.1, 0.15) is 30.5 Å². The molecule has 8 heteroatoms. The van der Waals surface area contributed by atoms with Crippen molar-refractivity contribution in [2.45, 2.75) is 19.7 Å². The molecule has 4 rings (SSSR count). The van der Waals surface area contributed by atoms with Crippen LogP contribution in [0.15, 0.2) is 65.3 Å². The van der Waals surface area contributed by atoms with E-state index in [0.29, 0.717) is 33.9 Å². The number of para-hydroxylation sites is 2. The van der Waals surface area contributed by atoms with E-state index in [2.05, 4.69) is 10.3 Å². The summed E-state index contributed by atoms with van der Waals surface area (Å²) in [5, 5.41) is 3.79. The Morgan fingerprint density at radius 3 is 2.79 bits per heavy atom. The molecule has 0 saturated heterocycles. The number of hydrogen-bond acceptors (Lipinski definition) is 4. The molecule has 0 bridgehead atoms. The third-order valence-electron chi connectivity index (χ3n) is 4.33. The van der Waals surface area contributed by atoms with E-state index in [4.69, 9.17) is 32.4 Å². The van der Waals surface area contributed by atoms with Crippen molar-refractivity contribution in [2.24, 2.45) is 0 Å². The Balaban J connectivity index is 1.53. The summed E-state index contributed by atoms with van der Waals surface area (Å²) in [6.07, 6.45) is 1.57. The molecule has 2 aromatic carbocycles. The van der Waals surface area contributed by atoms with Crippen molar-refractivity contribution < 1.29 is 13.9 Å². The van der Waals surface area contributed by atoms with Crippen molar-refractivity contribution >= 4 is 40.1 Å². The lowest BCUT2D eigenvalue weighted by Gasteiger charge is -2.11. The van der Waals surface area contributed by atoms with Crippen LogP contribution in [-0.4, -0.2) is 15.5 Å². The monoisotopic (exact) mass is 429 g/mol. The Bertz CT molecular complexity index is 1140. The highest BCUT2D eigenvalue weighted by atomic mass is 35.5. The fraction of sp³-hybridized carbons (Fsp3) is 0.143. The second-order valence-electron chi connectivity index (χ2n) is 6.32. The number of rotatable bonds is 7. The molecule has 148 valence electrons. The van der Waals surface area contributed by atoms with Crippen LogP contribution in [-0.2, 0) is 24.5 Å². The molecule has 0 spiro atoms. The van der Waals surface area contributed by atoms with E-state index >= 15 is 0 Å². The zero-order valence-corrected chi connectivity index (χ0v) is 16.8. The third kappa shape index (κ3) is 4.55. The Morgan fingerprint density at radius 1 is 1.14 bits per heavy atom. The number of carbonyl (C=O) groups is 1. The van der Waals surface area contributed by atoms with Gasteiger partial charge in [-0.15, -0.1) is 0 Å². The quantitative estimate of drug-likeness (QED) is 0.456. The number of nitrogens with one attached hydrogen (secondary N) is 1. The molecule has 0 atom stereocenters. The fourth-order valence-corrected chi connectivity index (χ4v) is 3.41. The molecule has 2 aromatic heterocycles. The number of fused-ring (bicyclic) bond motifs is 1. The van der Waals surface area contributed by atoms with Crippen molar-refractivity contribution in [1.82, 2.24) is 14.9 Å².